The van der Waals surface area contributed by atoms with Crippen molar-refractivity contribution in [1.29, 1.82) is 0 Å². The Labute approximate surface area is 173 Å². The van der Waals surface area contributed by atoms with Crippen LogP contribution in [0.4, 0.5) is 5.69 Å². The summed E-state index contributed by atoms with van der Waals surface area (Å²) >= 11 is 0. The predicted octanol–water partition coefficient (Wildman–Crippen LogP) is 2.67. The topological polar surface area (TPSA) is 53.1 Å². The van der Waals surface area contributed by atoms with Gasteiger partial charge in [-0.1, -0.05) is 30.3 Å². The minimum Gasteiger partial charge on any atom is -0.487 e. The molecule has 2 saturated heterocycles. The van der Waals surface area contributed by atoms with Crippen LogP contribution < -0.4 is 9.64 Å². The van der Waals surface area contributed by atoms with Crippen molar-refractivity contribution >= 4 is 15.7 Å². The number of sulfonamides is 1. The van der Waals surface area contributed by atoms with Gasteiger partial charge in [-0.15, -0.1) is 0 Å². The van der Waals surface area contributed by atoms with Crippen LogP contribution in [0.1, 0.15) is 12.8 Å². The number of benzene rings is 2. The van der Waals surface area contributed by atoms with Crippen LogP contribution in [0.25, 0.3) is 0 Å². The molecule has 2 aromatic carbocycles. The standard InChI is InChI=1S/C22H29N3O3S/c1-23-14-16-24(17-15-23)21-11-5-6-12-22(21)28-19-8-7-13-25(18-19)29(26,27)20-9-3-2-4-10-20/h2-6,9-12,19H,7-8,13-18H2,1H3. The zero-order valence-electron chi connectivity index (χ0n) is 16.9. The van der Waals surface area contributed by atoms with Gasteiger partial charge < -0.3 is 14.5 Å². The number of likely N-dealkylation sites (N-methyl/N-ethyl adjacent to an activating group) is 1. The largest absolute Gasteiger partial charge is 0.487 e. The Morgan fingerprint density at radius 1 is 0.897 bits per heavy atom. The molecule has 2 aliphatic heterocycles. The summed E-state index contributed by atoms with van der Waals surface area (Å²) in [7, 11) is -1.34. The molecule has 4 rings (SSSR count). The summed E-state index contributed by atoms with van der Waals surface area (Å²) in [6.07, 6.45) is 1.52. The highest BCUT2D eigenvalue weighted by atomic mass is 32.2. The maximum Gasteiger partial charge on any atom is 0.243 e. The van der Waals surface area contributed by atoms with Gasteiger partial charge in [0.2, 0.25) is 10.0 Å². The molecule has 0 saturated carbocycles. The maximum atomic E-state index is 13.0. The van der Waals surface area contributed by atoms with Crippen molar-refractivity contribution in [1.82, 2.24) is 9.21 Å². The van der Waals surface area contributed by atoms with E-state index in [4.69, 9.17) is 4.74 Å². The molecule has 1 unspecified atom stereocenters. The molecule has 29 heavy (non-hydrogen) atoms. The molecule has 0 bridgehead atoms. The quantitative estimate of drug-likeness (QED) is 0.752. The van der Waals surface area contributed by atoms with E-state index in [-0.39, 0.29) is 6.10 Å². The lowest BCUT2D eigenvalue weighted by molar-refractivity contribution is 0.130. The van der Waals surface area contributed by atoms with Crippen molar-refractivity contribution in [2.75, 3.05) is 51.2 Å². The zero-order chi connectivity index (χ0) is 20.3. The van der Waals surface area contributed by atoms with Gasteiger partial charge in [0.25, 0.3) is 0 Å². The average molecular weight is 416 g/mol. The molecule has 1 atom stereocenters. The van der Waals surface area contributed by atoms with Crippen LogP contribution in [0.3, 0.4) is 0 Å². The van der Waals surface area contributed by atoms with E-state index in [1.165, 1.54) is 0 Å². The highest BCUT2D eigenvalue weighted by molar-refractivity contribution is 7.89. The number of para-hydroxylation sites is 2. The number of hydrogen-bond acceptors (Lipinski definition) is 5. The number of piperazine rings is 1. The summed E-state index contributed by atoms with van der Waals surface area (Å²) in [6, 6.07) is 16.8. The second-order valence-corrected chi connectivity index (χ2v) is 9.75. The van der Waals surface area contributed by atoms with Crippen molar-refractivity contribution in [3.8, 4) is 5.75 Å². The minimum atomic E-state index is -3.49. The van der Waals surface area contributed by atoms with E-state index in [9.17, 15) is 8.42 Å². The first-order chi connectivity index (χ1) is 14.0. The predicted molar refractivity (Wildman–Crippen MR) is 115 cm³/mol. The highest BCUT2D eigenvalue weighted by Gasteiger charge is 2.31. The van der Waals surface area contributed by atoms with E-state index in [1.807, 2.05) is 24.3 Å². The molecule has 7 heteroatoms. The van der Waals surface area contributed by atoms with Gasteiger partial charge in [-0.3, -0.25) is 0 Å². The number of anilines is 1. The fraction of sp³-hybridized carbons (Fsp3) is 0.455. The van der Waals surface area contributed by atoms with Crippen molar-refractivity contribution in [3.63, 3.8) is 0 Å². The third-order valence-corrected chi connectivity index (χ3v) is 7.60. The molecule has 0 aromatic heterocycles. The monoisotopic (exact) mass is 415 g/mol. The fourth-order valence-corrected chi connectivity index (χ4v) is 5.54. The SMILES string of the molecule is CN1CCN(c2ccccc2OC2CCCN(S(=O)(=O)c3ccccc3)C2)CC1. The third kappa shape index (κ3) is 4.57. The van der Waals surface area contributed by atoms with Gasteiger partial charge in [-0.05, 0) is 44.2 Å². The van der Waals surface area contributed by atoms with E-state index < -0.39 is 10.0 Å². The minimum absolute atomic E-state index is 0.143. The van der Waals surface area contributed by atoms with Gasteiger partial charge in [0.05, 0.1) is 17.1 Å². The summed E-state index contributed by atoms with van der Waals surface area (Å²) < 4.78 is 33.9. The molecule has 0 aliphatic carbocycles. The highest BCUT2D eigenvalue weighted by Crippen LogP contribution is 2.31. The Balaban J connectivity index is 1.48. The first kappa shape index (κ1) is 20.2. The van der Waals surface area contributed by atoms with Crippen LogP contribution >= 0.6 is 0 Å². The molecule has 2 aliphatic rings. The number of rotatable bonds is 5. The molecule has 156 valence electrons. The summed E-state index contributed by atoms with van der Waals surface area (Å²) in [5, 5.41) is 0. The number of hydrogen-bond donors (Lipinski definition) is 0. The lowest BCUT2D eigenvalue weighted by Gasteiger charge is -2.36. The molecule has 0 amide bonds. The molecule has 0 radical (unpaired) electrons. The zero-order valence-corrected chi connectivity index (χ0v) is 17.7. The summed E-state index contributed by atoms with van der Waals surface area (Å²) in [4.78, 5) is 5.03. The smallest absolute Gasteiger partial charge is 0.243 e. The van der Waals surface area contributed by atoms with E-state index >= 15 is 0 Å². The van der Waals surface area contributed by atoms with Crippen molar-refractivity contribution in [2.24, 2.45) is 0 Å². The van der Waals surface area contributed by atoms with Crippen LogP contribution in [0.2, 0.25) is 0 Å². The summed E-state index contributed by atoms with van der Waals surface area (Å²) in [5.41, 5.74) is 1.10. The molecule has 2 heterocycles. The van der Waals surface area contributed by atoms with Gasteiger partial charge in [0.1, 0.15) is 11.9 Å². The Morgan fingerprint density at radius 3 is 2.34 bits per heavy atom. The summed E-state index contributed by atoms with van der Waals surface area (Å²) in [6.45, 7) is 4.92. The lowest BCUT2D eigenvalue weighted by Crippen LogP contribution is -2.45. The lowest BCUT2D eigenvalue weighted by atomic mass is 10.1. The van der Waals surface area contributed by atoms with Gasteiger partial charge in [-0.2, -0.15) is 4.31 Å². The van der Waals surface area contributed by atoms with Gasteiger partial charge >= 0.3 is 0 Å². The third-order valence-electron chi connectivity index (χ3n) is 5.72. The molecule has 0 spiro atoms. The normalized spacial score (nSPS) is 21.8. The van der Waals surface area contributed by atoms with Crippen molar-refractivity contribution in [3.05, 3.63) is 54.6 Å². The van der Waals surface area contributed by atoms with Crippen LogP contribution in [-0.2, 0) is 10.0 Å². The van der Waals surface area contributed by atoms with Gasteiger partial charge in [0, 0.05) is 32.7 Å². The Hall–Kier alpha value is -2.09. The molecule has 6 nitrogen and oxygen atoms in total. The molecule has 2 fully saturated rings. The second kappa shape index (κ2) is 8.73. The van der Waals surface area contributed by atoms with Crippen LogP contribution in [0, 0.1) is 0 Å². The second-order valence-electron chi connectivity index (χ2n) is 7.82. The van der Waals surface area contributed by atoms with Crippen LogP contribution in [0.15, 0.2) is 59.5 Å². The van der Waals surface area contributed by atoms with Crippen LogP contribution in [0.5, 0.6) is 5.75 Å². The van der Waals surface area contributed by atoms with Crippen molar-refractivity contribution < 1.29 is 13.2 Å². The maximum absolute atomic E-state index is 13.0. The van der Waals surface area contributed by atoms with Gasteiger partial charge in [0.15, 0.2) is 0 Å². The number of nitrogens with zero attached hydrogens (tertiary/aromatic N) is 3. The van der Waals surface area contributed by atoms with E-state index in [2.05, 4.69) is 22.9 Å². The Kier molecular flexibility index (Phi) is 6.08. The molecular weight excluding hydrogens is 386 g/mol. The fourth-order valence-electron chi connectivity index (χ4n) is 4.01. The molecule has 0 N–H and O–H groups in total. The van der Waals surface area contributed by atoms with Crippen molar-refractivity contribution in [2.45, 2.75) is 23.8 Å². The Bertz CT molecular complexity index is 912. The van der Waals surface area contributed by atoms with E-state index in [0.717, 1.165) is 50.5 Å². The van der Waals surface area contributed by atoms with E-state index in [1.54, 1.807) is 28.6 Å². The Morgan fingerprint density at radius 2 is 1.59 bits per heavy atom. The van der Waals surface area contributed by atoms with E-state index in [0.29, 0.717) is 18.0 Å². The number of ether oxygens (including phenoxy) is 1. The van der Waals surface area contributed by atoms with Crippen LogP contribution in [-0.4, -0.2) is 70.0 Å². The van der Waals surface area contributed by atoms with Gasteiger partial charge in [-0.25, -0.2) is 8.42 Å². The summed E-state index contributed by atoms with van der Waals surface area (Å²) in [5.74, 6) is 0.848. The number of piperidine rings is 1. The molecule has 2 aromatic rings. The first-order valence-corrected chi connectivity index (χ1v) is 11.7. The average Bonchev–Trinajstić information content (AvgIpc) is 2.76. The first-order valence-electron chi connectivity index (χ1n) is 10.3. The molecular formula is C22H29N3O3S.